The predicted octanol–water partition coefficient (Wildman–Crippen LogP) is 3.93. The molecule has 1 saturated heterocycles. The van der Waals surface area contributed by atoms with Crippen LogP contribution in [0.3, 0.4) is 0 Å². The van der Waals surface area contributed by atoms with Crippen LogP contribution in [-0.4, -0.2) is 54.3 Å². The van der Waals surface area contributed by atoms with Crippen molar-refractivity contribution >= 4 is 0 Å². The Morgan fingerprint density at radius 3 is 2.36 bits per heavy atom. The zero-order chi connectivity index (χ0) is 19.6. The number of nitrogens with zero attached hydrogens (tertiary/aromatic N) is 2. The first-order valence-corrected chi connectivity index (χ1v) is 10.5. The lowest BCUT2D eigenvalue weighted by Gasteiger charge is -2.23. The van der Waals surface area contributed by atoms with Gasteiger partial charge in [-0.15, -0.1) is 0 Å². The van der Waals surface area contributed by atoms with Gasteiger partial charge in [0.15, 0.2) is 0 Å². The molecule has 0 bridgehead atoms. The molecule has 1 fully saturated rings. The van der Waals surface area contributed by atoms with Gasteiger partial charge in [0.25, 0.3) is 0 Å². The average molecular weight is 383 g/mol. The summed E-state index contributed by atoms with van der Waals surface area (Å²) in [6, 6.07) is 18.7. The van der Waals surface area contributed by atoms with Crippen LogP contribution >= 0.6 is 0 Å². The van der Waals surface area contributed by atoms with Crippen molar-refractivity contribution in [2.45, 2.75) is 44.9 Å². The zero-order valence-corrected chi connectivity index (χ0v) is 17.1. The van der Waals surface area contributed by atoms with Gasteiger partial charge in [-0.2, -0.15) is 0 Å². The lowest BCUT2D eigenvalue weighted by molar-refractivity contribution is 0.0693. The van der Waals surface area contributed by atoms with Crippen LogP contribution in [0.2, 0.25) is 0 Å². The van der Waals surface area contributed by atoms with Gasteiger partial charge < -0.3 is 14.7 Å². The predicted molar refractivity (Wildman–Crippen MR) is 114 cm³/mol. The molecule has 1 heterocycles. The molecule has 4 heteroatoms. The van der Waals surface area contributed by atoms with Crippen molar-refractivity contribution in [1.29, 1.82) is 0 Å². The number of hydrogen-bond donors (Lipinski definition) is 1. The molecule has 152 valence electrons. The first-order valence-electron chi connectivity index (χ1n) is 10.5. The molecule has 0 aliphatic carbocycles. The van der Waals surface area contributed by atoms with Crippen LogP contribution in [0.25, 0.3) is 0 Å². The average Bonchev–Trinajstić information content (AvgIpc) is 2.96. The summed E-state index contributed by atoms with van der Waals surface area (Å²) in [4.78, 5) is 4.67. The van der Waals surface area contributed by atoms with E-state index in [-0.39, 0.29) is 0 Å². The Labute approximate surface area is 169 Å². The summed E-state index contributed by atoms with van der Waals surface area (Å²) in [5.41, 5.74) is 2.53. The summed E-state index contributed by atoms with van der Waals surface area (Å²) in [5.74, 6) is 0.834. The van der Waals surface area contributed by atoms with Crippen LogP contribution in [0, 0.1) is 0 Å². The van der Waals surface area contributed by atoms with E-state index in [1.807, 2.05) is 18.2 Å². The van der Waals surface area contributed by atoms with Crippen molar-refractivity contribution in [3.8, 4) is 5.75 Å². The second-order valence-corrected chi connectivity index (χ2v) is 7.98. The summed E-state index contributed by atoms with van der Waals surface area (Å²) in [7, 11) is 2.13. The van der Waals surface area contributed by atoms with Gasteiger partial charge in [-0.05, 0) is 56.2 Å². The number of ether oxygens (including phenoxy) is 1. The van der Waals surface area contributed by atoms with Crippen molar-refractivity contribution in [1.82, 2.24) is 9.80 Å². The Balaban J connectivity index is 1.44. The lowest BCUT2D eigenvalue weighted by atomic mass is 10.1. The molecule has 1 N–H and O–H groups in total. The highest BCUT2D eigenvalue weighted by Crippen LogP contribution is 2.16. The van der Waals surface area contributed by atoms with Gasteiger partial charge in [0.05, 0.1) is 0 Å². The highest BCUT2D eigenvalue weighted by molar-refractivity contribution is 5.28. The Morgan fingerprint density at radius 1 is 0.929 bits per heavy atom. The molecule has 1 aliphatic heterocycles. The summed E-state index contributed by atoms with van der Waals surface area (Å²) >= 11 is 0. The molecular formula is C24H34N2O2. The van der Waals surface area contributed by atoms with E-state index >= 15 is 0 Å². The first-order chi connectivity index (χ1) is 13.7. The monoisotopic (exact) mass is 382 g/mol. The summed E-state index contributed by atoms with van der Waals surface area (Å²) < 4.78 is 5.89. The fraction of sp³-hybridized carbons (Fsp3) is 0.500. The van der Waals surface area contributed by atoms with Crippen molar-refractivity contribution in [2.75, 3.05) is 33.3 Å². The van der Waals surface area contributed by atoms with Crippen LogP contribution in [0.4, 0.5) is 0 Å². The maximum Gasteiger partial charge on any atom is 0.119 e. The molecule has 1 aliphatic rings. The van der Waals surface area contributed by atoms with Gasteiger partial charge in [0, 0.05) is 19.6 Å². The van der Waals surface area contributed by atoms with E-state index < -0.39 is 6.10 Å². The second kappa shape index (κ2) is 11.2. The maximum absolute atomic E-state index is 10.4. The molecule has 3 rings (SSSR count). The smallest absolute Gasteiger partial charge is 0.119 e. The molecule has 1 atom stereocenters. The molecule has 0 radical (unpaired) electrons. The lowest BCUT2D eigenvalue weighted by Crippen LogP contribution is -2.36. The molecular weight excluding hydrogens is 348 g/mol. The largest absolute Gasteiger partial charge is 0.491 e. The van der Waals surface area contributed by atoms with E-state index in [0.717, 1.165) is 31.9 Å². The molecule has 4 nitrogen and oxygen atoms in total. The van der Waals surface area contributed by atoms with Gasteiger partial charge in [0.2, 0.25) is 0 Å². The SMILES string of the molecule is CN(Cc1ccccc1)Cc1cccc(OCC(O)CN2CCCCCC2)c1. The summed E-state index contributed by atoms with van der Waals surface area (Å²) in [5, 5.41) is 10.4. The molecule has 0 aromatic heterocycles. The summed E-state index contributed by atoms with van der Waals surface area (Å²) in [6.45, 7) is 5.03. The van der Waals surface area contributed by atoms with Crippen molar-refractivity contribution in [3.63, 3.8) is 0 Å². The van der Waals surface area contributed by atoms with E-state index in [1.165, 1.54) is 36.8 Å². The Hall–Kier alpha value is -1.88. The number of likely N-dealkylation sites (tertiary alicyclic amines) is 1. The van der Waals surface area contributed by atoms with Gasteiger partial charge in [-0.25, -0.2) is 0 Å². The van der Waals surface area contributed by atoms with Crippen molar-refractivity contribution in [2.24, 2.45) is 0 Å². The normalized spacial score (nSPS) is 16.7. The van der Waals surface area contributed by atoms with Crippen LogP contribution in [0.15, 0.2) is 54.6 Å². The third-order valence-electron chi connectivity index (χ3n) is 5.26. The van der Waals surface area contributed by atoms with E-state index in [2.05, 4.69) is 53.2 Å². The molecule has 2 aromatic carbocycles. The van der Waals surface area contributed by atoms with Crippen LogP contribution in [-0.2, 0) is 13.1 Å². The maximum atomic E-state index is 10.4. The minimum atomic E-state index is -0.442. The fourth-order valence-corrected chi connectivity index (χ4v) is 3.86. The number of hydrogen-bond acceptors (Lipinski definition) is 4. The standard InChI is InChI=1S/C24H34N2O2/c1-25(17-21-10-5-4-6-11-21)18-22-12-9-13-24(16-22)28-20-23(27)19-26-14-7-2-3-8-15-26/h4-6,9-13,16,23,27H,2-3,7-8,14-15,17-20H2,1H3. The molecule has 2 aromatic rings. The number of β-amino-alcohol motifs (C(OH)–C–C–N with tert-alkyl or cyclic N) is 1. The van der Waals surface area contributed by atoms with Gasteiger partial charge >= 0.3 is 0 Å². The number of aliphatic hydroxyl groups excluding tert-OH is 1. The third-order valence-corrected chi connectivity index (χ3v) is 5.26. The van der Waals surface area contributed by atoms with Crippen LogP contribution in [0.1, 0.15) is 36.8 Å². The second-order valence-electron chi connectivity index (χ2n) is 7.98. The zero-order valence-electron chi connectivity index (χ0n) is 17.1. The van der Waals surface area contributed by atoms with Gasteiger partial charge in [0.1, 0.15) is 18.5 Å². The number of aliphatic hydroxyl groups is 1. The van der Waals surface area contributed by atoms with E-state index in [1.54, 1.807) is 0 Å². The molecule has 28 heavy (non-hydrogen) atoms. The molecule has 0 amide bonds. The topological polar surface area (TPSA) is 35.9 Å². The summed E-state index contributed by atoms with van der Waals surface area (Å²) in [6.07, 6.45) is 4.67. The first kappa shape index (κ1) is 20.8. The van der Waals surface area contributed by atoms with Crippen LogP contribution < -0.4 is 4.74 Å². The minimum absolute atomic E-state index is 0.347. The van der Waals surface area contributed by atoms with E-state index in [9.17, 15) is 5.11 Å². The van der Waals surface area contributed by atoms with Crippen LogP contribution in [0.5, 0.6) is 5.75 Å². The van der Waals surface area contributed by atoms with Crippen molar-refractivity contribution < 1.29 is 9.84 Å². The number of rotatable bonds is 9. The third kappa shape index (κ3) is 7.27. The highest BCUT2D eigenvalue weighted by atomic mass is 16.5. The Kier molecular flexibility index (Phi) is 8.34. The Morgan fingerprint density at radius 2 is 1.61 bits per heavy atom. The van der Waals surface area contributed by atoms with Gasteiger partial charge in [-0.3, -0.25) is 4.90 Å². The Bertz CT molecular complexity index is 684. The minimum Gasteiger partial charge on any atom is -0.491 e. The molecule has 0 saturated carbocycles. The van der Waals surface area contributed by atoms with E-state index in [0.29, 0.717) is 13.2 Å². The highest BCUT2D eigenvalue weighted by Gasteiger charge is 2.14. The van der Waals surface area contributed by atoms with Gasteiger partial charge in [-0.1, -0.05) is 55.3 Å². The van der Waals surface area contributed by atoms with Crippen molar-refractivity contribution in [3.05, 3.63) is 65.7 Å². The fourth-order valence-electron chi connectivity index (χ4n) is 3.86. The quantitative estimate of drug-likeness (QED) is 0.713. The molecule has 0 spiro atoms. The number of benzene rings is 2. The molecule has 1 unspecified atom stereocenters. The van der Waals surface area contributed by atoms with E-state index in [4.69, 9.17) is 4.74 Å².